The van der Waals surface area contributed by atoms with Gasteiger partial charge in [0.05, 0.1) is 5.75 Å². The van der Waals surface area contributed by atoms with Crippen molar-refractivity contribution in [2.45, 2.75) is 31.4 Å². The first-order valence-electron chi connectivity index (χ1n) is 6.42. The maximum absolute atomic E-state index is 11.8. The van der Waals surface area contributed by atoms with Gasteiger partial charge in [-0.25, -0.2) is 0 Å². The molecular weight excluding hydrogens is 244 g/mol. The van der Waals surface area contributed by atoms with Crippen molar-refractivity contribution in [1.82, 2.24) is 0 Å². The highest BCUT2D eigenvalue weighted by molar-refractivity contribution is 8.00. The van der Waals surface area contributed by atoms with E-state index in [0.717, 1.165) is 12.1 Å². The first-order valence-corrected chi connectivity index (χ1v) is 7.47. The zero-order valence-electron chi connectivity index (χ0n) is 10.7. The molecule has 18 heavy (non-hydrogen) atoms. The van der Waals surface area contributed by atoms with E-state index in [1.807, 2.05) is 13.0 Å². The predicted molar refractivity (Wildman–Crippen MR) is 78.1 cm³/mol. The van der Waals surface area contributed by atoms with Crippen LogP contribution in [0.25, 0.3) is 0 Å². The fraction of sp³-hybridized carbons (Fsp3) is 0.500. The summed E-state index contributed by atoms with van der Waals surface area (Å²) >= 11 is 1.59. The summed E-state index contributed by atoms with van der Waals surface area (Å²) in [4.78, 5) is 11.8. The van der Waals surface area contributed by atoms with Crippen LogP contribution in [0, 0.1) is 0 Å². The lowest BCUT2D eigenvalue weighted by atomic mass is 10.1. The monoisotopic (exact) mass is 264 g/mol. The third-order valence-corrected chi connectivity index (χ3v) is 4.40. The number of rotatable bonds is 5. The molecule has 0 spiro atoms. The van der Waals surface area contributed by atoms with E-state index in [0.29, 0.717) is 17.5 Å². The molecule has 0 aromatic heterocycles. The summed E-state index contributed by atoms with van der Waals surface area (Å²) < 4.78 is 0. The second-order valence-electron chi connectivity index (χ2n) is 4.74. The van der Waals surface area contributed by atoms with Gasteiger partial charge in [-0.15, -0.1) is 11.8 Å². The zero-order chi connectivity index (χ0) is 13.0. The molecule has 1 atom stereocenters. The summed E-state index contributed by atoms with van der Waals surface area (Å²) in [5, 5.41) is 3.28. The molecule has 3 N–H and O–H groups in total. The molecule has 4 heteroatoms. The molecular formula is C14H20N2OS. The number of nitrogens with two attached hydrogens (primary N) is 1. The molecule has 1 unspecified atom stereocenters. The van der Waals surface area contributed by atoms with Crippen molar-refractivity contribution in [1.29, 1.82) is 0 Å². The van der Waals surface area contributed by atoms with Gasteiger partial charge in [0, 0.05) is 17.5 Å². The lowest BCUT2D eigenvalue weighted by Crippen LogP contribution is -2.19. The number of benzene rings is 1. The molecule has 2 rings (SSSR count). The van der Waals surface area contributed by atoms with Gasteiger partial charge in [-0.1, -0.05) is 13.0 Å². The van der Waals surface area contributed by atoms with E-state index in [1.165, 1.54) is 24.0 Å². The molecule has 1 aliphatic carbocycles. The maximum Gasteiger partial charge on any atom is 0.234 e. The molecule has 0 saturated carbocycles. The minimum atomic E-state index is 0.0539. The van der Waals surface area contributed by atoms with Gasteiger partial charge in [-0.3, -0.25) is 4.79 Å². The molecule has 98 valence electrons. The molecule has 0 radical (unpaired) electrons. The lowest BCUT2D eigenvalue weighted by molar-refractivity contribution is -0.113. The number of aryl methyl sites for hydroxylation is 2. The van der Waals surface area contributed by atoms with Crippen molar-refractivity contribution in [3.05, 3.63) is 29.3 Å². The number of hydrogen-bond acceptors (Lipinski definition) is 3. The minimum absolute atomic E-state index is 0.0539. The van der Waals surface area contributed by atoms with Crippen LogP contribution in [-0.2, 0) is 17.6 Å². The summed E-state index contributed by atoms with van der Waals surface area (Å²) in [6.07, 6.45) is 3.54. The normalized spacial score (nSPS) is 15.2. The highest BCUT2D eigenvalue weighted by atomic mass is 32.2. The summed E-state index contributed by atoms with van der Waals surface area (Å²) in [6.45, 7) is 2.64. The third-order valence-electron chi connectivity index (χ3n) is 3.21. The Morgan fingerprint density at radius 3 is 3.00 bits per heavy atom. The fourth-order valence-corrected chi connectivity index (χ4v) is 2.78. The van der Waals surface area contributed by atoms with Crippen LogP contribution in [0.15, 0.2) is 18.2 Å². The van der Waals surface area contributed by atoms with Crippen molar-refractivity contribution in [3.8, 4) is 0 Å². The summed E-state index contributed by atoms with van der Waals surface area (Å²) in [6, 6.07) is 6.24. The lowest BCUT2D eigenvalue weighted by Gasteiger charge is -2.09. The quantitative estimate of drug-likeness (QED) is 0.857. The van der Waals surface area contributed by atoms with Crippen LogP contribution in [0.4, 0.5) is 5.69 Å². The SMILES string of the molecule is CC(CN)SCC(=O)Nc1ccc2c(c1)CCC2. The van der Waals surface area contributed by atoms with Crippen molar-refractivity contribution in [3.63, 3.8) is 0 Å². The van der Waals surface area contributed by atoms with Crippen LogP contribution in [0.3, 0.4) is 0 Å². The van der Waals surface area contributed by atoms with Gasteiger partial charge in [-0.2, -0.15) is 0 Å². The van der Waals surface area contributed by atoms with Crippen LogP contribution >= 0.6 is 11.8 Å². The van der Waals surface area contributed by atoms with Crippen LogP contribution < -0.4 is 11.1 Å². The van der Waals surface area contributed by atoms with Crippen LogP contribution in [0.5, 0.6) is 0 Å². The Kier molecular flexibility index (Phi) is 4.66. The zero-order valence-corrected chi connectivity index (χ0v) is 11.6. The summed E-state index contributed by atoms with van der Waals surface area (Å²) in [5.74, 6) is 0.522. The third kappa shape index (κ3) is 3.50. The van der Waals surface area contributed by atoms with Gasteiger partial charge in [0.25, 0.3) is 0 Å². The molecule has 1 amide bonds. The van der Waals surface area contributed by atoms with E-state index in [2.05, 4.69) is 17.4 Å². The van der Waals surface area contributed by atoms with Gasteiger partial charge in [0.2, 0.25) is 5.91 Å². The number of fused-ring (bicyclic) bond motifs is 1. The van der Waals surface area contributed by atoms with Crippen molar-refractivity contribution >= 4 is 23.4 Å². The highest BCUT2D eigenvalue weighted by Crippen LogP contribution is 2.25. The van der Waals surface area contributed by atoms with E-state index in [9.17, 15) is 4.79 Å². The molecule has 1 aromatic rings. The molecule has 0 fully saturated rings. The van der Waals surface area contributed by atoms with Crippen molar-refractivity contribution in [2.75, 3.05) is 17.6 Å². The van der Waals surface area contributed by atoms with Crippen LogP contribution in [0.2, 0.25) is 0 Å². The van der Waals surface area contributed by atoms with Crippen LogP contribution in [0.1, 0.15) is 24.5 Å². The summed E-state index contributed by atoms with van der Waals surface area (Å²) in [5.41, 5.74) is 9.25. The van der Waals surface area contributed by atoms with Gasteiger partial charge < -0.3 is 11.1 Å². The van der Waals surface area contributed by atoms with Gasteiger partial charge in [0.15, 0.2) is 0 Å². The molecule has 0 saturated heterocycles. The van der Waals surface area contributed by atoms with E-state index in [1.54, 1.807) is 11.8 Å². The second-order valence-corrected chi connectivity index (χ2v) is 6.17. The number of thioether (sulfide) groups is 1. The molecule has 0 bridgehead atoms. The minimum Gasteiger partial charge on any atom is -0.329 e. The van der Waals surface area contributed by atoms with Gasteiger partial charge in [-0.05, 0) is 42.5 Å². The smallest absolute Gasteiger partial charge is 0.234 e. The second kappa shape index (κ2) is 6.25. The van der Waals surface area contributed by atoms with Gasteiger partial charge >= 0.3 is 0 Å². The topological polar surface area (TPSA) is 55.1 Å². The molecule has 0 heterocycles. The van der Waals surface area contributed by atoms with E-state index >= 15 is 0 Å². The maximum atomic E-state index is 11.8. The molecule has 3 nitrogen and oxygen atoms in total. The van der Waals surface area contributed by atoms with Crippen molar-refractivity contribution in [2.24, 2.45) is 5.73 Å². The number of carbonyl (C=O) groups excluding carboxylic acids is 1. The molecule has 1 aromatic carbocycles. The first kappa shape index (κ1) is 13.4. The average Bonchev–Trinajstić information content (AvgIpc) is 2.83. The first-order chi connectivity index (χ1) is 8.69. The molecule has 0 aliphatic heterocycles. The van der Waals surface area contributed by atoms with Crippen molar-refractivity contribution < 1.29 is 4.79 Å². The number of amides is 1. The fourth-order valence-electron chi connectivity index (χ4n) is 2.13. The summed E-state index contributed by atoms with van der Waals surface area (Å²) in [7, 11) is 0. The predicted octanol–water partition coefficient (Wildman–Crippen LogP) is 2.19. The standard InChI is InChI=1S/C14H20N2OS/c1-10(8-15)18-9-14(17)16-13-6-5-11-3-2-4-12(11)7-13/h5-7,10H,2-4,8-9,15H2,1H3,(H,16,17). The Balaban J connectivity index is 1.87. The highest BCUT2D eigenvalue weighted by Gasteiger charge is 2.12. The Labute approximate surface area is 113 Å². The van der Waals surface area contributed by atoms with Crippen LogP contribution in [-0.4, -0.2) is 23.5 Å². The average molecular weight is 264 g/mol. The van der Waals surface area contributed by atoms with E-state index in [4.69, 9.17) is 5.73 Å². The number of nitrogens with one attached hydrogen (secondary N) is 1. The van der Waals surface area contributed by atoms with Gasteiger partial charge in [0.1, 0.15) is 0 Å². The number of hydrogen-bond donors (Lipinski definition) is 2. The number of anilines is 1. The van der Waals surface area contributed by atoms with E-state index < -0.39 is 0 Å². The van der Waals surface area contributed by atoms with E-state index in [-0.39, 0.29) is 5.91 Å². The Bertz CT molecular complexity index is 434. The number of carbonyl (C=O) groups is 1. The largest absolute Gasteiger partial charge is 0.329 e. The Morgan fingerprint density at radius 2 is 2.22 bits per heavy atom. The Morgan fingerprint density at radius 1 is 1.44 bits per heavy atom. The molecule has 1 aliphatic rings. The Hall–Kier alpha value is -1.00.